The third-order valence-corrected chi connectivity index (χ3v) is 3.35. The summed E-state index contributed by atoms with van der Waals surface area (Å²) in [6, 6.07) is 12.1. The topological polar surface area (TPSA) is 54.0 Å². The molecule has 2 aromatic rings. The molecule has 20 heavy (non-hydrogen) atoms. The summed E-state index contributed by atoms with van der Waals surface area (Å²) < 4.78 is 0.515. The number of carbonyl (C=O) groups is 1. The van der Waals surface area contributed by atoms with Crippen LogP contribution in [0.1, 0.15) is 10.4 Å². The van der Waals surface area contributed by atoms with Gasteiger partial charge in [0.15, 0.2) is 5.11 Å². The van der Waals surface area contributed by atoms with Gasteiger partial charge in [0.05, 0.1) is 5.69 Å². The van der Waals surface area contributed by atoms with Crippen molar-refractivity contribution in [3.8, 4) is 0 Å². The van der Waals surface area contributed by atoms with Gasteiger partial charge in [0.25, 0.3) is 5.91 Å². The Bertz CT molecular complexity index is 651. The van der Waals surface area contributed by atoms with Crippen LogP contribution in [0.2, 0.25) is 5.15 Å². The first-order valence-electron chi connectivity index (χ1n) is 5.55. The highest BCUT2D eigenvalue weighted by molar-refractivity contribution is 9.10. The highest BCUT2D eigenvalue weighted by atomic mass is 79.9. The predicted octanol–water partition coefficient (Wildman–Crippen LogP) is 3.62. The van der Waals surface area contributed by atoms with Gasteiger partial charge in [-0.1, -0.05) is 29.8 Å². The van der Waals surface area contributed by atoms with Crippen LogP contribution >= 0.6 is 39.7 Å². The molecule has 0 spiro atoms. The minimum Gasteiger partial charge on any atom is -0.330 e. The molecule has 4 nitrogen and oxygen atoms in total. The molecule has 0 saturated carbocycles. The van der Waals surface area contributed by atoms with Gasteiger partial charge < -0.3 is 5.32 Å². The predicted molar refractivity (Wildman–Crippen MR) is 87.1 cm³/mol. The van der Waals surface area contributed by atoms with Crippen molar-refractivity contribution >= 4 is 56.5 Å². The fourth-order valence-corrected chi connectivity index (χ4v) is 2.30. The van der Waals surface area contributed by atoms with Crippen LogP contribution in [-0.4, -0.2) is 16.0 Å². The van der Waals surface area contributed by atoms with Crippen molar-refractivity contribution in [2.45, 2.75) is 0 Å². The molecular weight excluding hydrogens is 362 g/mol. The summed E-state index contributed by atoms with van der Waals surface area (Å²) in [5.41, 5.74) is 1.15. The lowest BCUT2D eigenvalue weighted by molar-refractivity contribution is 0.0978. The Morgan fingerprint density at radius 1 is 1.20 bits per heavy atom. The monoisotopic (exact) mass is 369 g/mol. The fourth-order valence-electron chi connectivity index (χ4n) is 1.42. The first-order chi connectivity index (χ1) is 9.56. The standard InChI is InChI=1S/C13H9BrClN3OS/c14-11-9(6-7-10(15)17-11)16-13(20)18-12(19)8-4-2-1-3-5-8/h1-7H,(H2,16,18,19,20). The molecule has 0 radical (unpaired) electrons. The quantitative estimate of drug-likeness (QED) is 0.626. The fraction of sp³-hybridized carbons (Fsp3) is 0. The molecule has 1 heterocycles. The number of hydrogen-bond donors (Lipinski definition) is 2. The van der Waals surface area contributed by atoms with E-state index in [4.69, 9.17) is 23.8 Å². The first kappa shape index (κ1) is 14.9. The smallest absolute Gasteiger partial charge is 0.257 e. The van der Waals surface area contributed by atoms with Gasteiger partial charge >= 0.3 is 0 Å². The van der Waals surface area contributed by atoms with Crippen molar-refractivity contribution in [2.24, 2.45) is 0 Å². The zero-order valence-electron chi connectivity index (χ0n) is 10.1. The van der Waals surface area contributed by atoms with Crippen LogP contribution in [0.25, 0.3) is 0 Å². The summed E-state index contributed by atoms with van der Waals surface area (Å²) in [7, 11) is 0. The normalized spacial score (nSPS) is 9.90. The number of aromatic nitrogens is 1. The molecule has 0 aliphatic heterocycles. The van der Waals surface area contributed by atoms with Gasteiger partial charge in [-0.3, -0.25) is 10.1 Å². The van der Waals surface area contributed by atoms with E-state index in [0.29, 0.717) is 21.0 Å². The average molecular weight is 371 g/mol. The lowest BCUT2D eigenvalue weighted by Gasteiger charge is -2.10. The minimum atomic E-state index is -0.277. The third kappa shape index (κ3) is 4.00. The van der Waals surface area contributed by atoms with E-state index in [-0.39, 0.29) is 11.0 Å². The van der Waals surface area contributed by atoms with Crippen LogP contribution in [0.15, 0.2) is 47.1 Å². The van der Waals surface area contributed by atoms with Crippen LogP contribution in [0.4, 0.5) is 5.69 Å². The van der Waals surface area contributed by atoms with E-state index in [1.165, 1.54) is 0 Å². The Hall–Kier alpha value is -1.50. The Labute approximate surface area is 134 Å². The number of amides is 1. The summed E-state index contributed by atoms with van der Waals surface area (Å²) in [5.74, 6) is -0.277. The van der Waals surface area contributed by atoms with Gasteiger partial charge in [-0.15, -0.1) is 0 Å². The second-order valence-corrected chi connectivity index (χ2v) is 5.29. The summed E-state index contributed by atoms with van der Waals surface area (Å²) >= 11 is 14.1. The molecule has 0 fully saturated rings. The van der Waals surface area contributed by atoms with Gasteiger partial charge in [0.2, 0.25) is 0 Å². The maximum atomic E-state index is 11.9. The number of nitrogens with one attached hydrogen (secondary N) is 2. The third-order valence-electron chi connectivity index (χ3n) is 2.33. The number of hydrogen-bond acceptors (Lipinski definition) is 3. The van der Waals surface area contributed by atoms with Crippen molar-refractivity contribution in [3.63, 3.8) is 0 Å². The van der Waals surface area contributed by atoms with Crippen molar-refractivity contribution in [1.82, 2.24) is 10.3 Å². The van der Waals surface area contributed by atoms with Gasteiger partial charge in [0, 0.05) is 5.56 Å². The Kier molecular flexibility index (Phi) is 5.05. The molecule has 1 aromatic heterocycles. The summed E-state index contributed by atoms with van der Waals surface area (Å²) in [6.45, 7) is 0. The molecule has 0 unspecified atom stereocenters. The van der Waals surface area contributed by atoms with Crippen LogP contribution in [0.5, 0.6) is 0 Å². The second-order valence-electron chi connectivity index (χ2n) is 3.75. The highest BCUT2D eigenvalue weighted by Crippen LogP contribution is 2.21. The van der Waals surface area contributed by atoms with Crippen LogP contribution in [-0.2, 0) is 0 Å². The van der Waals surface area contributed by atoms with Crippen LogP contribution in [0, 0.1) is 0 Å². The zero-order chi connectivity index (χ0) is 14.5. The Morgan fingerprint density at radius 2 is 1.90 bits per heavy atom. The molecule has 0 aliphatic rings. The van der Waals surface area contributed by atoms with Crippen LogP contribution < -0.4 is 10.6 Å². The minimum absolute atomic E-state index is 0.184. The maximum absolute atomic E-state index is 11.9. The summed E-state index contributed by atoms with van der Waals surface area (Å²) in [4.78, 5) is 15.9. The number of pyridine rings is 1. The number of rotatable bonds is 2. The first-order valence-corrected chi connectivity index (χ1v) is 7.13. The summed E-state index contributed by atoms with van der Waals surface area (Å²) in [6.07, 6.45) is 0. The van der Waals surface area contributed by atoms with Crippen molar-refractivity contribution in [1.29, 1.82) is 0 Å². The van der Waals surface area contributed by atoms with Gasteiger partial charge in [-0.05, 0) is 52.4 Å². The van der Waals surface area contributed by atoms with E-state index in [9.17, 15) is 4.79 Å². The number of anilines is 1. The molecule has 102 valence electrons. The van der Waals surface area contributed by atoms with E-state index >= 15 is 0 Å². The average Bonchev–Trinajstić information content (AvgIpc) is 2.43. The highest BCUT2D eigenvalue weighted by Gasteiger charge is 2.09. The largest absolute Gasteiger partial charge is 0.330 e. The SMILES string of the molecule is O=C(NC(=S)Nc1ccc(Cl)nc1Br)c1ccccc1. The van der Waals surface area contributed by atoms with Crippen molar-refractivity contribution in [2.75, 3.05) is 5.32 Å². The zero-order valence-corrected chi connectivity index (χ0v) is 13.2. The summed E-state index contributed by atoms with van der Waals surface area (Å²) in [5, 5.41) is 6.00. The van der Waals surface area contributed by atoms with Crippen molar-refractivity contribution < 1.29 is 4.79 Å². The van der Waals surface area contributed by atoms with E-state index in [1.807, 2.05) is 6.07 Å². The van der Waals surface area contributed by atoms with E-state index in [1.54, 1.807) is 36.4 Å². The maximum Gasteiger partial charge on any atom is 0.257 e. The number of carbonyl (C=O) groups excluding carboxylic acids is 1. The van der Waals surface area contributed by atoms with E-state index < -0.39 is 0 Å². The number of halogens is 2. The van der Waals surface area contributed by atoms with Crippen molar-refractivity contribution in [3.05, 3.63) is 57.8 Å². The molecule has 0 aliphatic carbocycles. The molecular formula is C13H9BrClN3OS. The van der Waals surface area contributed by atoms with E-state index in [0.717, 1.165) is 0 Å². The molecule has 2 N–H and O–H groups in total. The number of nitrogens with zero attached hydrogens (tertiary/aromatic N) is 1. The molecule has 0 bridgehead atoms. The lowest BCUT2D eigenvalue weighted by Crippen LogP contribution is -2.34. The lowest BCUT2D eigenvalue weighted by atomic mass is 10.2. The molecule has 7 heteroatoms. The van der Waals surface area contributed by atoms with E-state index in [2.05, 4.69) is 31.5 Å². The van der Waals surface area contributed by atoms with Gasteiger partial charge in [0.1, 0.15) is 9.76 Å². The number of thiocarbonyl (C=S) groups is 1. The van der Waals surface area contributed by atoms with Gasteiger partial charge in [-0.25, -0.2) is 4.98 Å². The molecule has 0 saturated heterocycles. The molecule has 1 amide bonds. The van der Waals surface area contributed by atoms with Gasteiger partial charge in [-0.2, -0.15) is 0 Å². The molecule has 2 rings (SSSR count). The van der Waals surface area contributed by atoms with Crippen LogP contribution in [0.3, 0.4) is 0 Å². The Balaban J connectivity index is 2.01. The Morgan fingerprint density at radius 3 is 2.55 bits per heavy atom. The second kappa shape index (κ2) is 6.78. The molecule has 1 aromatic carbocycles. The molecule has 0 atom stereocenters. The number of benzene rings is 1.